The summed E-state index contributed by atoms with van der Waals surface area (Å²) in [6.07, 6.45) is 7.98. The van der Waals surface area contributed by atoms with Crippen molar-refractivity contribution in [3.05, 3.63) is 71.8 Å². The van der Waals surface area contributed by atoms with Crippen molar-refractivity contribution < 1.29 is 14.3 Å². The minimum atomic E-state index is -0.326. The summed E-state index contributed by atoms with van der Waals surface area (Å²) in [4.78, 5) is 27.0. The molecule has 3 aromatic rings. The first-order valence-electron chi connectivity index (χ1n) is 12.1. The molecule has 5 rings (SSSR count). The highest BCUT2D eigenvalue weighted by Gasteiger charge is 2.36. The van der Waals surface area contributed by atoms with Gasteiger partial charge in [-0.15, -0.1) is 0 Å². The van der Waals surface area contributed by atoms with Crippen molar-refractivity contribution in [1.29, 1.82) is 0 Å². The normalized spacial score (nSPS) is 19.2. The van der Waals surface area contributed by atoms with Gasteiger partial charge < -0.3 is 9.64 Å². The third kappa shape index (κ3) is 4.39. The van der Waals surface area contributed by atoms with E-state index in [1.807, 2.05) is 12.1 Å². The van der Waals surface area contributed by atoms with Crippen LogP contribution < -0.4 is 0 Å². The molecule has 1 unspecified atom stereocenters. The van der Waals surface area contributed by atoms with Crippen LogP contribution in [0.25, 0.3) is 21.9 Å². The second kappa shape index (κ2) is 9.38. The fraction of sp³-hybridized carbons (Fsp3) is 0.379. The molecule has 1 amide bonds. The first kappa shape index (κ1) is 21.7. The van der Waals surface area contributed by atoms with Gasteiger partial charge in [0.2, 0.25) is 5.91 Å². The van der Waals surface area contributed by atoms with Crippen molar-refractivity contribution in [2.75, 3.05) is 13.7 Å². The van der Waals surface area contributed by atoms with Gasteiger partial charge in [-0.05, 0) is 65.3 Å². The zero-order valence-corrected chi connectivity index (χ0v) is 19.3. The lowest BCUT2D eigenvalue weighted by molar-refractivity contribution is -0.133. The van der Waals surface area contributed by atoms with Crippen LogP contribution in [0.4, 0.5) is 0 Å². The van der Waals surface area contributed by atoms with E-state index in [9.17, 15) is 9.59 Å². The van der Waals surface area contributed by atoms with Gasteiger partial charge in [-0.3, -0.25) is 4.79 Å². The van der Waals surface area contributed by atoms with Crippen LogP contribution in [0.1, 0.15) is 54.4 Å². The maximum absolute atomic E-state index is 13.1. The summed E-state index contributed by atoms with van der Waals surface area (Å²) < 4.78 is 4.80. The van der Waals surface area contributed by atoms with E-state index in [4.69, 9.17) is 4.74 Å². The predicted octanol–water partition coefficient (Wildman–Crippen LogP) is 6.02. The molecule has 2 aliphatic rings. The third-order valence-electron chi connectivity index (χ3n) is 7.41. The van der Waals surface area contributed by atoms with Crippen LogP contribution in [0.5, 0.6) is 0 Å². The second-order valence-electron chi connectivity index (χ2n) is 9.44. The van der Waals surface area contributed by atoms with Crippen molar-refractivity contribution in [2.45, 2.75) is 51.0 Å². The average Bonchev–Trinajstić information content (AvgIpc) is 3.23. The van der Waals surface area contributed by atoms with E-state index in [1.165, 1.54) is 55.5 Å². The van der Waals surface area contributed by atoms with Crippen molar-refractivity contribution >= 4 is 22.6 Å². The Bertz CT molecular complexity index is 1160. The molecule has 4 nitrogen and oxygen atoms in total. The minimum absolute atomic E-state index is 0.110. The van der Waals surface area contributed by atoms with Gasteiger partial charge in [-0.1, -0.05) is 67.8 Å². The number of likely N-dealkylation sites (tertiary alicyclic amines) is 1. The van der Waals surface area contributed by atoms with Crippen molar-refractivity contribution in [3.8, 4) is 11.1 Å². The Balaban J connectivity index is 1.34. The maximum Gasteiger partial charge on any atom is 0.337 e. The quantitative estimate of drug-likeness (QED) is 0.455. The van der Waals surface area contributed by atoms with Crippen LogP contribution in [-0.2, 0) is 16.0 Å². The maximum atomic E-state index is 13.1. The van der Waals surface area contributed by atoms with Crippen LogP contribution in [0.3, 0.4) is 0 Å². The van der Waals surface area contributed by atoms with Gasteiger partial charge in [-0.2, -0.15) is 0 Å². The van der Waals surface area contributed by atoms with Crippen molar-refractivity contribution in [1.82, 2.24) is 4.90 Å². The Labute approximate surface area is 195 Å². The number of hydrogen-bond acceptors (Lipinski definition) is 3. The minimum Gasteiger partial charge on any atom is -0.465 e. The van der Waals surface area contributed by atoms with Crippen LogP contribution in [0.15, 0.2) is 60.7 Å². The fourth-order valence-electron chi connectivity index (χ4n) is 5.61. The molecule has 1 aliphatic heterocycles. The van der Waals surface area contributed by atoms with E-state index in [1.54, 1.807) is 12.1 Å². The number of hydrogen-bond donors (Lipinski definition) is 0. The number of rotatable bonds is 5. The molecule has 1 saturated heterocycles. The van der Waals surface area contributed by atoms with Crippen molar-refractivity contribution in [2.24, 2.45) is 5.92 Å². The van der Waals surface area contributed by atoms with Gasteiger partial charge in [0.15, 0.2) is 0 Å². The topological polar surface area (TPSA) is 46.6 Å². The van der Waals surface area contributed by atoms with E-state index in [2.05, 4.69) is 41.3 Å². The lowest BCUT2D eigenvalue weighted by Crippen LogP contribution is -2.39. The average molecular weight is 442 g/mol. The molecule has 1 atom stereocenters. The van der Waals surface area contributed by atoms with Gasteiger partial charge in [0.05, 0.1) is 12.7 Å². The third-order valence-corrected chi connectivity index (χ3v) is 7.41. The number of amides is 1. The Morgan fingerprint density at radius 1 is 0.970 bits per heavy atom. The summed E-state index contributed by atoms with van der Waals surface area (Å²) in [7, 11) is 1.39. The van der Waals surface area contributed by atoms with Crippen LogP contribution in [0.2, 0.25) is 0 Å². The molecule has 0 N–H and O–H groups in total. The lowest BCUT2D eigenvalue weighted by Gasteiger charge is -2.31. The van der Waals surface area contributed by atoms with Crippen LogP contribution in [-0.4, -0.2) is 36.5 Å². The monoisotopic (exact) mass is 441 g/mol. The molecule has 0 radical (unpaired) electrons. The van der Waals surface area contributed by atoms with E-state index < -0.39 is 0 Å². The number of nitrogens with zero attached hydrogens (tertiary/aromatic N) is 1. The van der Waals surface area contributed by atoms with Crippen LogP contribution in [0, 0.1) is 5.92 Å². The first-order chi connectivity index (χ1) is 16.1. The lowest BCUT2D eigenvalue weighted by atomic mass is 9.92. The summed E-state index contributed by atoms with van der Waals surface area (Å²) in [5.74, 6) is 0.146. The van der Waals surface area contributed by atoms with Gasteiger partial charge in [0.25, 0.3) is 0 Å². The number of carbonyl (C=O) groups is 2. The van der Waals surface area contributed by atoms with Crippen LogP contribution >= 0.6 is 0 Å². The molecule has 0 aromatic heterocycles. The molecule has 0 spiro atoms. The van der Waals surface area contributed by atoms with Gasteiger partial charge in [0, 0.05) is 18.5 Å². The largest absolute Gasteiger partial charge is 0.465 e. The Morgan fingerprint density at radius 2 is 1.76 bits per heavy atom. The number of benzene rings is 3. The zero-order chi connectivity index (χ0) is 22.8. The molecular weight excluding hydrogens is 410 g/mol. The van der Waals surface area contributed by atoms with Gasteiger partial charge in [-0.25, -0.2) is 4.79 Å². The molecule has 2 fully saturated rings. The molecule has 33 heavy (non-hydrogen) atoms. The summed E-state index contributed by atoms with van der Waals surface area (Å²) in [5.41, 5.74) is 3.97. The summed E-state index contributed by atoms with van der Waals surface area (Å²) >= 11 is 0. The molecule has 3 aromatic carbocycles. The smallest absolute Gasteiger partial charge is 0.337 e. The van der Waals surface area contributed by atoms with E-state index in [0.717, 1.165) is 30.5 Å². The number of methoxy groups -OCH3 is 1. The molecule has 1 heterocycles. The Hall–Kier alpha value is -3.14. The van der Waals surface area contributed by atoms with E-state index >= 15 is 0 Å². The van der Waals surface area contributed by atoms with Gasteiger partial charge in [0.1, 0.15) is 0 Å². The molecule has 1 aliphatic carbocycles. The summed E-state index contributed by atoms with van der Waals surface area (Å²) in [6, 6.07) is 20.9. The Kier molecular flexibility index (Phi) is 6.17. The number of carbonyl (C=O) groups excluding carboxylic acids is 2. The van der Waals surface area contributed by atoms with Crippen molar-refractivity contribution in [3.63, 3.8) is 0 Å². The molecular formula is C29H31NO3. The SMILES string of the molecule is COC(=O)c1ccc(-c2cccc3cc(CC4CCN(C5CCCCC5)C4=O)ccc23)cc1. The molecule has 170 valence electrons. The van der Waals surface area contributed by atoms with E-state index in [0.29, 0.717) is 17.5 Å². The summed E-state index contributed by atoms with van der Waals surface area (Å²) in [5, 5.41) is 2.35. The number of fused-ring (bicyclic) bond motifs is 1. The predicted molar refractivity (Wildman–Crippen MR) is 131 cm³/mol. The number of esters is 1. The highest BCUT2D eigenvalue weighted by atomic mass is 16.5. The number of ether oxygens (including phenoxy) is 1. The first-order valence-corrected chi connectivity index (χ1v) is 12.1. The Morgan fingerprint density at radius 3 is 2.52 bits per heavy atom. The fourth-order valence-corrected chi connectivity index (χ4v) is 5.61. The van der Waals surface area contributed by atoms with E-state index in [-0.39, 0.29) is 11.9 Å². The highest BCUT2D eigenvalue weighted by Crippen LogP contribution is 2.33. The van der Waals surface area contributed by atoms with Gasteiger partial charge >= 0.3 is 5.97 Å². The zero-order valence-electron chi connectivity index (χ0n) is 19.3. The second-order valence-corrected chi connectivity index (χ2v) is 9.44. The summed E-state index contributed by atoms with van der Waals surface area (Å²) in [6.45, 7) is 0.924. The molecule has 4 heteroatoms. The highest BCUT2D eigenvalue weighted by molar-refractivity contribution is 5.98. The molecule has 0 bridgehead atoms. The standard InChI is InChI=1S/C29H31NO3/c1-33-29(32)22-13-11-21(12-14-22)26-9-5-6-23-18-20(10-15-27(23)26)19-24-16-17-30(28(24)31)25-7-3-2-4-8-25/h5-6,9-15,18,24-25H,2-4,7-8,16-17,19H2,1H3. The molecule has 1 saturated carbocycles.